The van der Waals surface area contributed by atoms with Crippen molar-refractivity contribution in [3.8, 4) is 0 Å². The van der Waals surface area contributed by atoms with Crippen LogP contribution in [0.15, 0.2) is 12.1 Å². The minimum atomic E-state index is 0.549. The van der Waals surface area contributed by atoms with Crippen LogP contribution in [0.5, 0.6) is 0 Å². The number of hydrogen-bond donors (Lipinski definition) is 0. The lowest BCUT2D eigenvalue weighted by molar-refractivity contribution is 1.23. The van der Waals surface area contributed by atoms with Crippen LogP contribution in [-0.4, -0.2) is 4.98 Å². The van der Waals surface area contributed by atoms with Crippen molar-refractivity contribution in [3.05, 3.63) is 39.0 Å². The van der Waals surface area contributed by atoms with Gasteiger partial charge in [-0.25, -0.2) is 0 Å². The fourth-order valence-electron chi connectivity index (χ4n) is 1.62. The van der Waals surface area contributed by atoms with Crippen LogP contribution < -0.4 is 0 Å². The molecule has 0 aliphatic rings. The molecule has 0 aliphatic carbocycles. The zero-order valence-corrected chi connectivity index (χ0v) is 10.4. The fraction of sp³-hybridized carbons (Fsp3) is 0.250. The van der Waals surface area contributed by atoms with E-state index >= 15 is 0 Å². The number of rotatable bonds is 0. The molecule has 2 aromatic rings. The molecule has 0 radical (unpaired) electrons. The third kappa shape index (κ3) is 1.60. The lowest BCUT2D eigenvalue weighted by Crippen LogP contribution is -1.92. The molecule has 0 spiro atoms. The van der Waals surface area contributed by atoms with Crippen LogP contribution in [0.2, 0.25) is 10.0 Å². The highest BCUT2D eigenvalue weighted by Gasteiger charge is 2.11. The van der Waals surface area contributed by atoms with Crippen molar-refractivity contribution in [1.29, 1.82) is 0 Å². The molecule has 0 saturated carbocycles. The van der Waals surface area contributed by atoms with Gasteiger partial charge in [0.2, 0.25) is 0 Å². The molecule has 0 amide bonds. The summed E-state index contributed by atoms with van der Waals surface area (Å²) in [6, 6.07) is 4.01. The van der Waals surface area contributed by atoms with Gasteiger partial charge in [-0.15, -0.1) is 0 Å². The maximum absolute atomic E-state index is 6.18. The first-order valence-electron chi connectivity index (χ1n) is 4.74. The molecule has 0 fully saturated rings. The van der Waals surface area contributed by atoms with Crippen LogP contribution in [0.25, 0.3) is 10.9 Å². The van der Waals surface area contributed by atoms with Crippen molar-refractivity contribution in [2.75, 3.05) is 0 Å². The largest absolute Gasteiger partial charge is 0.251 e. The minimum Gasteiger partial charge on any atom is -0.251 e. The molecule has 1 heterocycles. The highest BCUT2D eigenvalue weighted by atomic mass is 35.5. The van der Waals surface area contributed by atoms with Gasteiger partial charge in [-0.3, -0.25) is 4.98 Å². The van der Waals surface area contributed by atoms with Gasteiger partial charge < -0.3 is 0 Å². The first kappa shape index (κ1) is 10.7. The minimum absolute atomic E-state index is 0.549. The molecule has 0 N–H and O–H groups in total. The molecule has 1 aromatic heterocycles. The zero-order chi connectivity index (χ0) is 11.2. The molecule has 2 rings (SSSR count). The first-order valence-corrected chi connectivity index (χ1v) is 5.49. The Morgan fingerprint density at radius 2 is 1.67 bits per heavy atom. The Balaban J connectivity index is 2.98. The van der Waals surface area contributed by atoms with Gasteiger partial charge in [0, 0.05) is 5.39 Å². The van der Waals surface area contributed by atoms with Gasteiger partial charge >= 0.3 is 0 Å². The topological polar surface area (TPSA) is 12.9 Å². The van der Waals surface area contributed by atoms with Crippen molar-refractivity contribution in [2.24, 2.45) is 0 Å². The Hall–Kier alpha value is -0.790. The molecule has 15 heavy (non-hydrogen) atoms. The number of benzene rings is 1. The maximum Gasteiger partial charge on any atom is 0.0811 e. The van der Waals surface area contributed by atoms with Crippen LogP contribution in [0, 0.1) is 20.8 Å². The van der Waals surface area contributed by atoms with Gasteiger partial charge in [0.25, 0.3) is 0 Å². The van der Waals surface area contributed by atoms with E-state index in [-0.39, 0.29) is 0 Å². The van der Waals surface area contributed by atoms with E-state index in [1.54, 1.807) is 0 Å². The van der Waals surface area contributed by atoms with Gasteiger partial charge in [-0.2, -0.15) is 0 Å². The van der Waals surface area contributed by atoms with Gasteiger partial charge in [-0.05, 0) is 31.9 Å². The van der Waals surface area contributed by atoms with Gasteiger partial charge in [0.15, 0.2) is 0 Å². The second-order valence-corrected chi connectivity index (χ2v) is 4.48. The van der Waals surface area contributed by atoms with Crippen LogP contribution in [-0.2, 0) is 0 Å². The molecule has 0 aliphatic heterocycles. The molecule has 0 bridgehead atoms. The third-order valence-electron chi connectivity index (χ3n) is 2.73. The van der Waals surface area contributed by atoms with Crippen LogP contribution in [0.4, 0.5) is 0 Å². The second-order valence-electron chi connectivity index (χ2n) is 3.73. The summed E-state index contributed by atoms with van der Waals surface area (Å²) in [6.07, 6.45) is 0. The van der Waals surface area contributed by atoms with Gasteiger partial charge in [-0.1, -0.05) is 35.3 Å². The Bertz CT molecular complexity index is 547. The summed E-state index contributed by atoms with van der Waals surface area (Å²) in [4.78, 5) is 4.48. The highest BCUT2D eigenvalue weighted by molar-refractivity contribution is 6.45. The zero-order valence-electron chi connectivity index (χ0n) is 8.86. The quantitative estimate of drug-likeness (QED) is 0.662. The molecule has 0 unspecified atom stereocenters. The summed E-state index contributed by atoms with van der Waals surface area (Å²) in [6.45, 7) is 5.98. The summed E-state index contributed by atoms with van der Waals surface area (Å²) < 4.78 is 0. The second kappa shape index (κ2) is 3.66. The van der Waals surface area contributed by atoms with E-state index < -0.39 is 0 Å². The number of pyridine rings is 1. The van der Waals surface area contributed by atoms with Crippen LogP contribution in [0.1, 0.15) is 16.8 Å². The summed E-state index contributed by atoms with van der Waals surface area (Å²) in [5.41, 5.74) is 4.10. The summed E-state index contributed by atoms with van der Waals surface area (Å²) in [5, 5.41) is 2.07. The van der Waals surface area contributed by atoms with Gasteiger partial charge in [0.1, 0.15) is 0 Å². The number of aryl methyl sites for hydroxylation is 3. The Labute approximate surface area is 99.0 Å². The first-order chi connectivity index (χ1) is 7.02. The number of fused-ring (bicyclic) bond motifs is 1. The van der Waals surface area contributed by atoms with Crippen molar-refractivity contribution in [2.45, 2.75) is 20.8 Å². The number of aromatic nitrogens is 1. The van der Waals surface area contributed by atoms with Crippen molar-refractivity contribution >= 4 is 34.1 Å². The smallest absolute Gasteiger partial charge is 0.0811 e. The fourth-order valence-corrected chi connectivity index (χ4v) is 2.05. The predicted molar refractivity (Wildman–Crippen MR) is 66.0 cm³/mol. The lowest BCUT2D eigenvalue weighted by Gasteiger charge is -2.09. The van der Waals surface area contributed by atoms with Crippen molar-refractivity contribution in [3.63, 3.8) is 0 Å². The molecule has 78 valence electrons. The van der Waals surface area contributed by atoms with Crippen molar-refractivity contribution < 1.29 is 0 Å². The molecular formula is C12H11Cl2N. The SMILES string of the molecule is Cc1ccc2c(Cl)c(Cl)c(C)nc2c1C. The van der Waals surface area contributed by atoms with Gasteiger partial charge in [0.05, 0.1) is 21.3 Å². The Morgan fingerprint density at radius 3 is 2.33 bits per heavy atom. The summed E-state index contributed by atoms with van der Waals surface area (Å²) in [5.74, 6) is 0. The average Bonchev–Trinajstić information content (AvgIpc) is 2.21. The Morgan fingerprint density at radius 1 is 1.00 bits per heavy atom. The molecular weight excluding hydrogens is 229 g/mol. The van der Waals surface area contributed by atoms with E-state index in [1.807, 2.05) is 26.0 Å². The lowest BCUT2D eigenvalue weighted by atomic mass is 10.1. The predicted octanol–water partition coefficient (Wildman–Crippen LogP) is 4.47. The molecule has 1 nitrogen and oxygen atoms in total. The van der Waals surface area contributed by atoms with E-state index in [4.69, 9.17) is 23.2 Å². The number of hydrogen-bond acceptors (Lipinski definition) is 1. The Kier molecular flexibility index (Phi) is 2.61. The van der Waals surface area contributed by atoms with E-state index in [1.165, 1.54) is 5.56 Å². The third-order valence-corrected chi connectivity index (χ3v) is 3.68. The standard InChI is InChI=1S/C12H11Cl2N/c1-6-4-5-9-11(14)10(13)8(3)15-12(9)7(6)2/h4-5H,1-3H3. The monoisotopic (exact) mass is 239 g/mol. The van der Waals surface area contributed by atoms with Crippen LogP contribution in [0.3, 0.4) is 0 Å². The van der Waals surface area contributed by atoms with E-state index in [0.29, 0.717) is 10.0 Å². The average molecular weight is 240 g/mol. The van der Waals surface area contributed by atoms with Crippen molar-refractivity contribution in [1.82, 2.24) is 4.98 Å². The normalized spacial score (nSPS) is 11.0. The highest BCUT2D eigenvalue weighted by Crippen LogP contribution is 2.33. The molecule has 3 heteroatoms. The van der Waals surface area contributed by atoms with E-state index in [9.17, 15) is 0 Å². The van der Waals surface area contributed by atoms with Crippen LogP contribution >= 0.6 is 23.2 Å². The summed E-state index contributed by atoms with van der Waals surface area (Å²) >= 11 is 12.2. The van der Waals surface area contributed by atoms with E-state index in [0.717, 1.165) is 22.2 Å². The summed E-state index contributed by atoms with van der Waals surface area (Å²) in [7, 11) is 0. The van der Waals surface area contributed by atoms with E-state index in [2.05, 4.69) is 11.9 Å². The maximum atomic E-state index is 6.18. The molecule has 1 aromatic carbocycles. The molecule has 0 saturated heterocycles. The molecule has 0 atom stereocenters. The number of nitrogens with zero attached hydrogens (tertiary/aromatic N) is 1. The number of halogens is 2.